The SMILES string of the molecule is NCCc1cc2c(cc1Cl)OCC1(CC1)CO2. The highest BCUT2D eigenvalue weighted by Crippen LogP contribution is 2.49. The van der Waals surface area contributed by atoms with E-state index in [-0.39, 0.29) is 5.41 Å². The Bertz CT molecular complexity index is 443. The van der Waals surface area contributed by atoms with E-state index in [9.17, 15) is 0 Å². The van der Waals surface area contributed by atoms with Gasteiger partial charge in [-0.3, -0.25) is 0 Å². The van der Waals surface area contributed by atoms with Crippen LogP contribution in [0.2, 0.25) is 5.02 Å². The number of ether oxygens (including phenoxy) is 2. The van der Waals surface area contributed by atoms with E-state index < -0.39 is 0 Å². The smallest absolute Gasteiger partial charge is 0.162 e. The Hall–Kier alpha value is -0.930. The first-order valence-corrected chi connectivity index (χ1v) is 6.38. The fraction of sp³-hybridized carbons (Fsp3) is 0.538. The van der Waals surface area contributed by atoms with Gasteiger partial charge in [-0.2, -0.15) is 0 Å². The van der Waals surface area contributed by atoms with Gasteiger partial charge < -0.3 is 15.2 Å². The van der Waals surface area contributed by atoms with Crippen LogP contribution in [0.1, 0.15) is 18.4 Å². The molecule has 2 aliphatic rings. The van der Waals surface area contributed by atoms with E-state index >= 15 is 0 Å². The standard InChI is InChI=1S/C13H16ClNO2/c14-10-6-12-11(5-9(10)1-4-15)16-7-13(2-3-13)8-17-12/h5-6H,1-4,7-8,15H2. The molecule has 3 nitrogen and oxygen atoms in total. The monoisotopic (exact) mass is 253 g/mol. The highest BCUT2D eigenvalue weighted by molar-refractivity contribution is 6.31. The van der Waals surface area contributed by atoms with Crippen molar-refractivity contribution in [3.8, 4) is 11.5 Å². The summed E-state index contributed by atoms with van der Waals surface area (Å²) in [7, 11) is 0. The zero-order chi connectivity index (χ0) is 11.9. The number of fused-ring (bicyclic) bond motifs is 1. The third-order valence-corrected chi connectivity index (χ3v) is 3.90. The van der Waals surface area contributed by atoms with Crippen LogP contribution in [0.4, 0.5) is 0 Å². The molecule has 4 heteroatoms. The molecule has 1 fully saturated rings. The lowest BCUT2D eigenvalue weighted by atomic mass is 10.1. The van der Waals surface area contributed by atoms with E-state index in [4.69, 9.17) is 26.8 Å². The van der Waals surface area contributed by atoms with Crippen LogP contribution in [0.3, 0.4) is 0 Å². The second kappa shape index (κ2) is 4.07. The minimum atomic E-state index is 0.263. The van der Waals surface area contributed by atoms with Crippen LogP contribution in [0.25, 0.3) is 0 Å². The molecular weight excluding hydrogens is 238 g/mol. The molecule has 1 spiro atoms. The van der Waals surface area contributed by atoms with Crippen LogP contribution in [-0.2, 0) is 6.42 Å². The van der Waals surface area contributed by atoms with Gasteiger partial charge in [0, 0.05) is 16.5 Å². The maximum atomic E-state index is 6.19. The summed E-state index contributed by atoms with van der Waals surface area (Å²) in [6.45, 7) is 2.08. The van der Waals surface area contributed by atoms with Crippen LogP contribution >= 0.6 is 11.6 Å². The van der Waals surface area contributed by atoms with Crippen molar-refractivity contribution >= 4 is 11.6 Å². The Morgan fingerprint density at radius 2 is 1.82 bits per heavy atom. The summed E-state index contributed by atoms with van der Waals surface area (Å²) in [4.78, 5) is 0. The van der Waals surface area contributed by atoms with Gasteiger partial charge in [-0.1, -0.05) is 11.6 Å². The lowest BCUT2D eigenvalue weighted by Crippen LogP contribution is -2.17. The molecule has 0 radical (unpaired) electrons. The molecule has 0 atom stereocenters. The van der Waals surface area contributed by atoms with Crippen LogP contribution < -0.4 is 15.2 Å². The van der Waals surface area contributed by atoms with E-state index in [0.717, 1.165) is 36.7 Å². The van der Waals surface area contributed by atoms with Crippen molar-refractivity contribution in [2.75, 3.05) is 19.8 Å². The molecule has 1 aromatic rings. The average molecular weight is 254 g/mol. The Kier molecular flexibility index (Phi) is 2.68. The lowest BCUT2D eigenvalue weighted by Gasteiger charge is -2.10. The third kappa shape index (κ3) is 2.09. The van der Waals surface area contributed by atoms with Gasteiger partial charge in [0.2, 0.25) is 0 Å². The zero-order valence-electron chi connectivity index (χ0n) is 9.67. The first-order valence-electron chi connectivity index (χ1n) is 6.01. The summed E-state index contributed by atoms with van der Waals surface area (Å²) in [5.41, 5.74) is 6.85. The van der Waals surface area contributed by atoms with Gasteiger partial charge in [0.25, 0.3) is 0 Å². The number of rotatable bonds is 2. The van der Waals surface area contributed by atoms with Crippen LogP contribution in [0.15, 0.2) is 12.1 Å². The van der Waals surface area contributed by atoms with Gasteiger partial charge in [0.05, 0.1) is 13.2 Å². The normalized spacial score (nSPS) is 20.1. The van der Waals surface area contributed by atoms with E-state index in [1.807, 2.05) is 12.1 Å². The number of nitrogens with two attached hydrogens (primary N) is 1. The molecule has 1 aromatic carbocycles. The second-order valence-corrected chi connectivity index (χ2v) is 5.41. The summed E-state index contributed by atoms with van der Waals surface area (Å²) < 4.78 is 11.6. The molecule has 0 amide bonds. The molecule has 1 saturated carbocycles. The van der Waals surface area contributed by atoms with Crippen molar-refractivity contribution in [3.63, 3.8) is 0 Å². The van der Waals surface area contributed by atoms with Gasteiger partial charge in [-0.05, 0) is 37.4 Å². The molecule has 17 heavy (non-hydrogen) atoms. The van der Waals surface area contributed by atoms with E-state index in [0.29, 0.717) is 11.6 Å². The van der Waals surface area contributed by atoms with Gasteiger partial charge in [-0.25, -0.2) is 0 Å². The molecule has 3 rings (SSSR count). The summed E-state index contributed by atoms with van der Waals surface area (Å²) in [6.07, 6.45) is 3.16. The molecule has 0 bridgehead atoms. The molecule has 0 saturated heterocycles. The van der Waals surface area contributed by atoms with E-state index in [1.54, 1.807) is 0 Å². The van der Waals surface area contributed by atoms with Crippen LogP contribution in [-0.4, -0.2) is 19.8 Å². The maximum absolute atomic E-state index is 6.19. The average Bonchev–Trinajstić information content (AvgIpc) is 3.10. The van der Waals surface area contributed by atoms with Gasteiger partial charge in [-0.15, -0.1) is 0 Å². The van der Waals surface area contributed by atoms with Crippen molar-refractivity contribution in [1.82, 2.24) is 0 Å². The van der Waals surface area contributed by atoms with Crippen molar-refractivity contribution in [2.45, 2.75) is 19.3 Å². The first kappa shape index (κ1) is 11.2. The maximum Gasteiger partial charge on any atom is 0.162 e. The predicted octanol–water partition coefficient (Wildman–Crippen LogP) is 2.39. The molecular formula is C13H16ClNO2. The van der Waals surface area contributed by atoms with Crippen LogP contribution in [0, 0.1) is 5.41 Å². The molecule has 0 unspecified atom stereocenters. The second-order valence-electron chi connectivity index (χ2n) is 5.01. The Morgan fingerprint density at radius 1 is 1.18 bits per heavy atom. The number of benzene rings is 1. The minimum Gasteiger partial charge on any atom is -0.489 e. The van der Waals surface area contributed by atoms with Gasteiger partial charge >= 0.3 is 0 Å². The third-order valence-electron chi connectivity index (χ3n) is 3.55. The van der Waals surface area contributed by atoms with Crippen molar-refractivity contribution in [2.24, 2.45) is 11.1 Å². The summed E-state index contributed by atoms with van der Waals surface area (Å²) in [6, 6.07) is 3.81. The Balaban J connectivity index is 1.90. The minimum absolute atomic E-state index is 0.263. The number of halogens is 1. The van der Waals surface area contributed by atoms with E-state index in [2.05, 4.69) is 0 Å². The highest BCUT2D eigenvalue weighted by atomic mass is 35.5. The predicted molar refractivity (Wildman–Crippen MR) is 66.9 cm³/mol. The molecule has 1 heterocycles. The largest absolute Gasteiger partial charge is 0.489 e. The highest BCUT2D eigenvalue weighted by Gasteiger charge is 2.46. The summed E-state index contributed by atoms with van der Waals surface area (Å²) in [5.74, 6) is 1.57. The fourth-order valence-corrected chi connectivity index (χ4v) is 2.37. The number of hydrogen-bond donors (Lipinski definition) is 1. The Labute approximate surface area is 106 Å². The summed E-state index contributed by atoms with van der Waals surface area (Å²) >= 11 is 6.19. The lowest BCUT2D eigenvalue weighted by molar-refractivity contribution is 0.197. The van der Waals surface area contributed by atoms with Crippen molar-refractivity contribution in [1.29, 1.82) is 0 Å². The van der Waals surface area contributed by atoms with Crippen LogP contribution in [0.5, 0.6) is 11.5 Å². The number of hydrogen-bond acceptors (Lipinski definition) is 3. The molecule has 0 aromatic heterocycles. The molecule has 1 aliphatic heterocycles. The summed E-state index contributed by atoms with van der Waals surface area (Å²) in [5, 5.41) is 0.713. The fourth-order valence-electron chi connectivity index (χ4n) is 2.12. The molecule has 92 valence electrons. The van der Waals surface area contributed by atoms with Gasteiger partial charge in [0.15, 0.2) is 11.5 Å². The Morgan fingerprint density at radius 3 is 2.41 bits per heavy atom. The van der Waals surface area contributed by atoms with Gasteiger partial charge in [0.1, 0.15) is 0 Å². The van der Waals surface area contributed by atoms with Crippen molar-refractivity contribution in [3.05, 3.63) is 22.7 Å². The quantitative estimate of drug-likeness (QED) is 0.880. The van der Waals surface area contributed by atoms with E-state index in [1.165, 1.54) is 12.8 Å². The molecule has 1 aliphatic carbocycles. The molecule has 2 N–H and O–H groups in total. The first-order chi connectivity index (χ1) is 8.22. The zero-order valence-corrected chi connectivity index (χ0v) is 10.4. The topological polar surface area (TPSA) is 44.5 Å². The van der Waals surface area contributed by atoms with Crippen molar-refractivity contribution < 1.29 is 9.47 Å².